The first kappa shape index (κ1) is 13.2. The number of hydrogen-bond acceptors (Lipinski definition) is 3. The van der Waals surface area contributed by atoms with E-state index >= 15 is 0 Å². The lowest BCUT2D eigenvalue weighted by Gasteiger charge is -2.32. The highest BCUT2D eigenvalue weighted by Crippen LogP contribution is 2.15. The molecule has 0 aliphatic carbocycles. The highest BCUT2D eigenvalue weighted by atomic mass is 35.5. The lowest BCUT2D eigenvalue weighted by atomic mass is 9.89. The van der Waals surface area contributed by atoms with Gasteiger partial charge in [-0.3, -0.25) is 0 Å². The summed E-state index contributed by atoms with van der Waals surface area (Å²) in [7, 11) is 0. The van der Waals surface area contributed by atoms with E-state index in [1.807, 2.05) is 20.8 Å². The third-order valence-corrected chi connectivity index (χ3v) is 2.83. The van der Waals surface area contributed by atoms with Gasteiger partial charge in [0.05, 0.1) is 6.10 Å². The topological polar surface area (TPSA) is 52.5 Å². The first-order chi connectivity index (χ1) is 5.94. The molecule has 0 aliphatic rings. The summed E-state index contributed by atoms with van der Waals surface area (Å²) in [5.41, 5.74) is -0.179. The van der Waals surface area contributed by atoms with E-state index in [9.17, 15) is 5.11 Å². The first-order valence-electron chi connectivity index (χ1n) is 4.54. The molecule has 0 rings (SSSR count). The number of alkyl halides is 1. The van der Waals surface area contributed by atoms with Gasteiger partial charge in [-0.25, -0.2) is 0 Å². The van der Waals surface area contributed by atoms with Crippen molar-refractivity contribution in [3.05, 3.63) is 0 Å². The average Bonchev–Trinajstić information content (AvgIpc) is 2.12. The van der Waals surface area contributed by atoms with Crippen molar-refractivity contribution in [2.24, 2.45) is 5.92 Å². The largest absolute Gasteiger partial charge is 0.396 e. The van der Waals surface area contributed by atoms with Crippen molar-refractivity contribution in [1.82, 2.24) is 5.32 Å². The van der Waals surface area contributed by atoms with Crippen molar-refractivity contribution in [2.75, 3.05) is 19.0 Å². The number of halogens is 1. The van der Waals surface area contributed by atoms with E-state index < -0.39 is 6.10 Å². The molecule has 80 valence electrons. The second kappa shape index (κ2) is 5.81. The van der Waals surface area contributed by atoms with E-state index in [1.165, 1.54) is 0 Å². The van der Waals surface area contributed by atoms with Crippen LogP contribution in [0.2, 0.25) is 0 Å². The van der Waals surface area contributed by atoms with Crippen molar-refractivity contribution in [3.63, 3.8) is 0 Å². The van der Waals surface area contributed by atoms with Gasteiger partial charge in [-0.2, -0.15) is 0 Å². The van der Waals surface area contributed by atoms with E-state index in [2.05, 4.69) is 5.32 Å². The van der Waals surface area contributed by atoms with E-state index in [0.717, 1.165) is 0 Å². The lowest BCUT2D eigenvalue weighted by Crippen LogP contribution is -2.49. The minimum absolute atomic E-state index is 0.136. The van der Waals surface area contributed by atoms with Gasteiger partial charge in [0.15, 0.2) is 0 Å². The van der Waals surface area contributed by atoms with Crippen molar-refractivity contribution < 1.29 is 10.2 Å². The molecular weight excluding hydrogens is 190 g/mol. The molecule has 13 heavy (non-hydrogen) atoms. The van der Waals surface area contributed by atoms with E-state index in [0.29, 0.717) is 6.54 Å². The van der Waals surface area contributed by atoms with Crippen molar-refractivity contribution in [3.8, 4) is 0 Å². The molecule has 3 nitrogen and oxygen atoms in total. The SMILES string of the molecule is CC(CO)C(C)(C)NCC(O)CCl. The van der Waals surface area contributed by atoms with Gasteiger partial charge >= 0.3 is 0 Å². The summed E-state index contributed by atoms with van der Waals surface area (Å²) in [6.45, 7) is 6.54. The van der Waals surface area contributed by atoms with Crippen molar-refractivity contribution in [1.29, 1.82) is 0 Å². The quantitative estimate of drug-likeness (QED) is 0.561. The predicted molar refractivity (Wildman–Crippen MR) is 55.1 cm³/mol. The van der Waals surface area contributed by atoms with Crippen molar-refractivity contribution >= 4 is 11.6 Å². The molecular formula is C9H20ClNO2. The highest BCUT2D eigenvalue weighted by molar-refractivity contribution is 6.18. The Morgan fingerprint density at radius 2 is 2.00 bits per heavy atom. The molecule has 0 aliphatic heterocycles. The lowest BCUT2D eigenvalue weighted by molar-refractivity contribution is 0.131. The predicted octanol–water partition coefficient (Wildman–Crippen LogP) is 0.583. The molecule has 0 spiro atoms. The maximum absolute atomic E-state index is 9.22. The Hall–Kier alpha value is 0.170. The van der Waals surface area contributed by atoms with Crippen LogP contribution >= 0.6 is 11.6 Å². The molecule has 0 saturated heterocycles. The zero-order chi connectivity index (χ0) is 10.5. The van der Waals surface area contributed by atoms with E-state index in [1.54, 1.807) is 0 Å². The fourth-order valence-corrected chi connectivity index (χ4v) is 0.947. The van der Waals surface area contributed by atoms with Crippen LogP contribution in [0.4, 0.5) is 0 Å². The standard InChI is InChI=1S/C9H20ClNO2/c1-7(6-12)9(2,3)11-5-8(13)4-10/h7-8,11-13H,4-6H2,1-3H3. The molecule has 0 aromatic rings. The van der Waals surface area contributed by atoms with Gasteiger partial charge < -0.3 is 15.5 Å². The summed E-state index contributed by atoms with van der Waals surface area (Å²) in [6, 6.07) is 0. The van der Waals surface area contributed by atoms with Crippen LogP contribution in [0.5, 0.6) is 0 Å². The number of rotatable bonds is 6. The summed E-state index contributed by atoms with van der Waals surface area (Å²) < 4.78 is 0. The van der Waals surface area contributed by atoms with Crippen molar-refractivity contribution in [2.45, 2.75) is 32.4 Å². The minimum Gasteiger partial charge on any atom is -0.396 e. The molecule has 0 amide bonds. The van der Waals surface area contributed by atoms with Gasteiger partial charge in [0.1, 0.15) is 0 Å². The van der Waals surface area contributed by atoms with E-state index in [4.69, 9.17) is 16.7 Å². The smallest absolute Gasteiger partial charge is 0.0799 e. The van der Waals surface area contributed by atoms with Crippen LogP contribution in [0, 0.1) is 5.92 Å². The fourth-order valence-electron chi connectivity index (χ4n) is 0.838. The van der Waals surface area contributed by atoms with Gasteiger partial charge in [-0.15, -0.1) is 11.6 Å². The normalized spacial score (nSPS) is 17.1. The number of β-amino-alcohol motifs (C(OH)–C–C–N with tert-alkyl or cyclic N) is 1. The molecule has 3 N–H and O–H groups in total. The number of aliphatic hydroxyl groups is 2. The maximum atomic E-state index is 9.22. The summed E-state index contributed by atoms with van der Waals surface area (Å²) in [5, 5.41) is 21.3. The number of hydrogen-bond donors (Lipinski definition) is 3. The molecule has 0 aromatic carbocycles. The third kappa shape index (κ3) is 4.81. The molecule has 0 bridgehead atoms. The molecule has 0 radical (unpaired) electrons. The first-order valence-corrected chi connectivity index (χ1v) is 5.07. The summed E-state index contributed by atoms with van der Waals surface area (Å²) >= 11 is 5.45. The van der Waals surface area contributed by atoms with Gasteiger partial charge in [-0.05, 0) is 19.8 Å². The van der Waals surface area contributed by atoms with Crippen LogP contribution < -0.4 is 5.32 Å². The Morgan fingerprint density at radius 1 is 1.46 bits per heavy atom. The summed E-state index contributed by atoms with van der Waals surface area (Å²) in [6.07, 6.45) is -0.521. The van der Waals surface area contributed by atoms with Crippen LogP contribution in [0.1, 0.15) is 20.8 Å². The molecule has 0 aromatic heterocycles. The van der Waals surface area contributed by atoms with Gasteiger partial charge in [-0.1, -0.05) is 6.92 Å². The number of nitrogens with one attached hydrogen (secondary N) is 1. The van der Waals surface area contributed by atoms with E-state index in [-0.39, 0.29) is 23.9 Å². The van der Waals surface area contributed by atoms with Crippen LogP contribution in [0.25, 0.3) is 0 Å². The monoisotopic (exact) mass is 209 g/mol. The fraction of sp³-hybridized carbons (Fsp3) is 1.00. The third-order valence-electron chi connectivity index (χ3n) is 2.48. The Balaban J connectivity index is 3.88. The average molecular weight is 210 g/mol. The van der Waals surface area contributed by atoms with Crippen LogP contribution in [-0.2, 0) is 0 Å². The molecule has 0 fully saturated rings. The summed E-state index contributed by atoms with van der Waals surface area (Å²) in [5.74, 6) is 0.381. The summed E-state index contributed by atoms with van der Waals surface area (Å²) in [4.78, 5) is 0. The molecule has 4 heteroatoms. The van der Waals surface area contributed by atoms with Crippen LogP contribution in [-0.4, -0.2) is 40.9 Å². The van der Waals surface area contributed by atoms with Gasteiger partial charge in [0.2, 0.25) is 0 Å². The Labute approximate surface area is 85.1 Å². The molecule has 0 saturated carbocycles. The second-order valence-corrected chi connectivity index (χ2v) is 4.30. The van der Waals surface area contributed by atoms with Crippen LogP contribution in [0.3, 0.4) is 0 Å². The highest BCUT2D eigenvalue weighted by Gasteiger charge is 2.24. The zero-order valence-electron chi connectivity index (χ0n) is 8.55. The molecule has 0 heterocycles. The molecule has 2 unspecified atom stereocenters. The van der Waals surface area contributed by atoms with Gasteiger partial charge in [0, 0.05) is 24.6 Å². The Morgan fingerprint density at radius 3 is 2.38 bits per heavy atom. The van der Waals surface area contributed by atoms with Gasteiger partial charge in [0.25, 0.3) is 0 Å². The Bertz CT molecular complexity index is 142. The second-order valence-electron chi connectivity index (χ2n) is 3.99. The zero-order valence-corrected chi connectivity index (χ0v) is 9.30. The van der Waals surface area contributed by atoms with Crippen LogP contribution in [0.15, 0.2) is 0 Å². The Kier molecular flexibility index (Phi) is 5.88. The number of aliphatic hydroxyl groups excluding tert-OH is 2. The maximum Gasteiger partial charge on any atom is 0.0799 e. The molecule has 2 atom stereocenters. The minimum atomic E-state index is -0.521.